The predicted molar refractivity (Wildman–Crippen MR) is 516 cm³/mol. The van der Waals surface area contributed by atoms with Crippen molar-refractivity contribution >= 4 is 118 Å². The van der Waals surface area contributed by atoms with E-state index in [0.717, 1.165) is 18.9 Å². The lowest BCUT2D eigenvalue weighted by atomic mass is 9.96. The number of allylic oxidation sites excluding steroid dienone is 2. The molecule has 19 amide bonds. The van der Waals surface area contributed by atoms with Gasteiger partial charge in [0.25, 0.3) is 11.8 Å². The van der Waals surface area contributed by atoms with Crippen molar-refractivity contribution in [1.82, 2.24) is 95.3 Å². The number of cyclic esters (lactones) is 1. The van der Waals surface area contributed by atoms with Gasteiger partial charge in [-0.3, -0.25) is 91.1 Å². The van der Waals surface area contributed by atoms with E-state index in [4.69, 9.17) is 21.9 Å². The Hall–Kier alpha value is -11.4. The summed E-state index contributed by atoms with van der Waals surface area (Å²) in [6.45, 7) is 29.7. The third-order valence-electron chi connectivity index (χ3n) is 23.7. The van der Waals surface area contributed by atoms with Crippen LogP contribution in [0.2, 0.25) is 0 Å². The number of nitrogens with two attached hydrogens (primary N) is 3. The number of esters is 1. The normalized spacial score (nSPS) is 20.1. The average molecular weight is 1990 g/mol. The minimum Gasteiger partial charge on any atom is -0.458 e. The van der Waals surface area contributed by atoms with Crippen LogP contribution in [0.25, 0.3) is 0 Å². The lowest BCUT2D eigenvalue weighted by Crippen LogP contribution is -2.63. The maximum atomic E-state index is 14.7. The van der Waals surface area contributed by atoms with Crippen LogP contribution >= 0.6 is 0 Å². The molecule has 2 aliphatic rings. The number of primary amides is 1. The van der Waals surface area contributed by atoms with Gasteiger partial charge in [0.15, 0.2) is 0 Å². The molecule has 2 fully saturated rings. The molecule has 2 aliphatic heterocycles. The van der Waals surface area contributed by atoms with Crippen molar-refractivity contribution in [2.24, 2.45) is 64.5 Å². The number of carbonyl (C=O) groups excluding carboxylic acids is 20. The highest BCUT2D eigenvalue weighted by Gasteiger charge is 2.44. The third kappa shape index (κ3) is 42.2. The second-order valence-electron chi connectivity index (χ2n) is 38.5. The molecular weight excluding hydrogens is 1820 g/mol. The number of carbonyl (C=O) groups is 20. The summed E-state index contributed by atoms with van der Waals surface area (Å²) < 4.78 is 5.83. The van der Waals surface area contributed by atoms with Gasteiger partial charge in [0.1, 0.15) is 114 Å². The molecule has 794 valence electrons. The highest BCUT2D eigenvalue weighted by atomic mass is 16.5. The van der Waals surface area contributed by atoms with Crippen LogP contribution in [-0.2, 0) is 101 Å². The lowest BCUT2D eigenvalue weighted by Gasteiger charge is -2.32. The molecule has 27 N–H and O–H groups in total. The minimum absolute atomic E-state index is 0.0437. The predicted octanol–water partition coefficient (Wildman–Crippen LogP) is -3.52. The van der Waals surface area contributed by atoms with E-state index in [1.807, 2.05) is 6.92 Å². The standard InChI is InChI=1S/C94H163N21O25/c1-21-25-26-30-56(119)44-70(121)98-58(24-4)93(138)115-39-29-32-68(115)86(131)107-66(45-117)84(129)105-64(42-48(7)8)82(127)110-72(51(13)14)89(134)108-67(46-118)85(130)106-65(43-49(9)10)83(128)111-74(53(17)18)90(135)112-73(52(15)16)88(133)101-59(33-34-69(97)120)78(123)104-63(41-47(5)6)81(126)109-71(50(11)12)87(132)99-57(23-3)77(122)114-76-55(20)140-94(139)62(31-27-28-37-95)103-79(124)60(35-38-96)100-80(125)61(36-40-116)102-91(136)75(54(19)22-2)113-92(76)137/h23-24,47-56,59-68,71-76,116-119H,21-22,25-46,95-96H2,1-20H3,(H2,97,120)(H,98,121)(H,99,132)(H,100,125)(H,101,133)(H,102,136)(H,103,124)(H,104,123)(H,105,129)(H,106,130)(H,107,131)(H,108,134)(H,109,126)(H,110,127)(H,111,128)(H,112,135)(H,113,137)(H,114,122)/b57-23+,58-24+/t54-,55+,56-,59+,60-,61+,62+,63-,64+,65+,66+,67-,68+,71+,72-,73+,74+,75-,76-/m0/s1. The van der Waals surface area contributed by atoms with Gasteiger partial charge in [-0.05, 0) is 158 Å². The summed E-state index contributed by atoms with van der Waals surface area (Å²) in [7, 11) is 0. The van der Waals surface area contributed by atoms with E-state index in [1.165, 1.54) is 31.7 Å². The molecule has 46 heteroatoms. The van der Waals surface area contributed by atoms with Gasteiger partial charge in [0, 0.05) is 19.6 Å². The van der Waals surface area contributed by atoms with Crippen LogP contribution in [-0.4, -0.2) is 292 Å². The number of amides is 19. The van der Waals surface area contributed by atoms with E-state index in [1.54, 1.807) is 111 Å². The molecule has 0 unspecified atom stereocenters. The first kappa shape index (κ1) is 125. The number of aliphatic hydroxyl groups excluding tert-OH is 4. The summed E-state index contributed by atoms with van der Waals surface area (Å²) in [5.41, 5.74) is 16.5. The SMILES string of the molecule is C/C=C(/NC(=O)[C@H](NC(=O)[C@H](CC(C)C)NC(=O)[C@@H](CCC(N)=O)NC(=O)[C@H](NC(=O)[C@H](NC(=O)[C@@H](CC(C)C)NC(=O)[C@H](CO)NC(=O)[C@@H](NC(=O)[C@@H](CC(C)C)NC(=O)[C@@H](CO)NC(=O)[C@H]1CCCN1C(=O)/C(=C\C)NC(=O)C[C@@H](O)CCCCC)C(C)C)C(C)C)C(C)C)C(C)C)C(=O)N[C@@H]1C(=O)N[C@@H]([C@@H](C)CC)C(=O)N[C@H](CCO)C(=O)N[C@@H](CCN)C(=O)N[C@H](CCCCN)C(=O)O[C@@H]1C. The Balaban J connectivity index is 2.45. The van der Waals surface area contributed by atoms with E-state index >= 15 is 0 Å². The van der Waals surface area contributed by atoms with Crippen LogP contribution < -0.4 is 108 Å². The van der Waals surface area contributed by atoms with Gasteiger partial charge in [-0.2, -0.15) is 0 Å². The Bertz CT molecular complexity index is 4220. The first-order chi connectivity index (χ1) is 65.7. The average Bonchev–Trinajstić information content (AvgIpc) is 1.67. The second-order valence-corrected chi connectivity index (χ2v) is 38.5. The van der Waals surface area contributed by atoms with Crippen molar-refractivity contribution in [2.75, 3.05) is 39.5 Å². The highest BCUT2D eigenvalue weighted by Crippen LogP contribution is 2.23. The zero-order valence-corrected chi connectivity index (χ0v) is 85.2. The molecule has 140 heavy (non-hydrogen) atoms. The van der Waals surface area contributed by atoms with Crippen molar-refractivity contribution in [1.29, 1.82) is 0 Å². The third-order valence-corrected chi connectivity index (χ3v) is 23.7. The van der Waals surface area contributed by atoms with Gasteiger partial charge in [0.05, 0.1) is 25.7 Å². The first-order valence-corrected chi connectivity index (χ1v) is 49.0. The summed E-state index contributed by atoms with van der Waals surface area (Å²) in [5, 5.41) is 84.9. The van der Waals surface area contributed by atoms with E-state index in [2.05, 4.69) is 90.4 Å². The zero-order chi connectivity index (χ0) is 106. The van der Waals surface area contributed by atoms with Crippen LogP contribution in [0.5, 0.6) is 0 Å². The van der Waals surface area contributed by atoms with Gasteiger partial charge < -0.3 is 138 Å². The van der Waals surface area contributed by atoms with Gasteiger partial charge in [0.2, 0.25) is 100 Å². The van der Waals surface area contributed by atoms with E-state index < -0.39 is 295 Å². The lowest BCUT2D eigenvalue weighted by molar-refractivity contribution is -0.156. The van der Waals surface area contributed by atoms with Crippen LogP contribution in [0.4, 0.5) is 0 Å². The summed E-state index contributed by atoms with van der Waals surface area (Å²) in [6, 6.07) is -24.2. The number of nitrogens with one attached hydrogen (secondary N) is 17. The number of unbranched alkanes of at least 4 members (excludes halogenated alkanes) is 3. The van der Waals surface area contributed by atoms with Crippen molar-refractivity contribution < 1.29 is 121 Å². The van der Waals surface area contributed by atoms with Crippen LogP contribution in [0.15, 0.2) is 23.5 Å². The van der Waals surface area contributed by atoms with E-state index in [0.29, 0.717) is 25.7 Å². The Labute approximate surface area is 821 Å². The maximum absolute atomic E-state index is 14.7. The number of hydrogen-bond donors (Lipinski definition) is 24. The number of nitrogens with zero attached hydrogens (tertiary/aromatic N) is 1. The van der Waals surface area contributed by atoms with Crippen molar-refractivity contribution in [3.63, 3.8) is 0 Å². The molecule has 0 aromatic heterocycles. The van der Waals surface area contributed by atoms with Crippen molar-refractivity contribution in [3.05, 3.63) is 23.5 Å². The molecule has 19 atom stereocenters. The fourth-order valence-corrected chi connectivity index (χ4v) is 15.4. The quantitative estimate of drug-likeness (QED) is 0.0159. The van der Waals surface area contributed by atoms with Gasteiger partial charge in [-0.15, -0.1) is 0 Å². The Morgan fingerprint density at radius 1 is 0.471 bits per heavy atom. The first-order valence-electron chi connectivity index (χ1n) is 49.0. The van der Waals surface area contributed by atoms with Crippen molar-refractivity contribution in [2.45, 2.75) is 363 Å². The summed E-state index contributed by atoms with van der Waals surface area (Å²) in [5.74, 6) is -23.7. The van der Waals surface area contributed by atoms with Crippen LogP contribution in [0, 0.1) is 47.3 Å². The van der Waals surface area contributed by atoms with Crippen LogP contribution in [0.3, 0.4) is 0 Å². The number of hydrogen-bond acceptors (Lipinski definition) is 27. The van der Waals surface area contributed by atoms with Crippen LogP contribution in [0.1, 0.15) is 254 Å². The Morgan fingerprint density at radius 3 is 1.34 bits per heavy atom. The summed E-state index contributed by atoms with van der Waals surface area (Å²) in [4.78, 5) is 284. The fraction of sp³-hybridized carbons (Fsp3) is 0.745. The zero-order valence-electron chi connectivity index (χ0n) is 85.2. The van der Waals surface area contributed by atoms with Crippen molar-refractivity contribution in [3.8, 4) is 0 Å². The minimum atomic E-state index is -1.89. The smallest absolute Gasteiger partial charge is 0.328 e. The second kappa shape index (κ2) is 63.4. The number of likely N-dealkylation sites (tertiary alicyclic amines) is 1. The number of aliphatic hydroxyl groups is 4. The molecule has 0 radical (unpaired) electrons. The molecule has 2 saturated heterocycles. The molecule has 0 saturated carbocycles. The highest BCUT2D eigenvalue weighted by molar-refractivity contribution is 6.05. The summed E-state index contributed by atoms with van der Waals surface area (Å²) >= 11 is 0. The molecule has 0 bridgehead atoms. The summed E-state index contributed by atoms with van der Waals surface area (Å²) in [6.07, 6.45) is 2.26. The molecule has 0 aliphatic carbocycles. The Morgan fingerprint density at radius 2 is 0.900 bits per heavy atom. The maximum Gasteiger partial charge on any atom is 0.328 e. The van der Waals surface area contributed by atoms with Gasteiger partial charge in [-0.25, -0.2) is 4.79 Å². The molecule has 2 rings (SSSR count). The largest absolute Gasteiger partial charge is 0.458 e. The molecule has 0 aromatic rings. The van der Waals surface area contributed by atoms with Gasteiger partial charge in [-0.1, -0.05) is 156 Å². The monoisotopic (exact) mass is 1990 g/mol. The molecule has 0 aromatic carbocycles. The molecular formula is C94H163N21O25. The molecule has 46 nitrogen and oxygen atoms in total. The Kier molecular flexibility index (Phi) is 56.5. The molecule has 0 spiro atoms. The van der Waals surface area contributed by atoms with E-state index in [9.17, 15) is 116 Å². The molecule has 2 heterocycles. The van der Waals surface area contributed by atoms with Gasteiger partial charge >= 0.3 is 5.97 Å². The number of ether oxygens (including phenoxy) is 1. The topological polar surface area (TPSA) is 717 Å². The van der Waals surface area contributed by atoms with E-state index in [-0.39, 0.29) is 107 Å². The fourth-order valence-electron chi connectivity index (χ4n) is 15.4. The number of rotatable bonds is 57.